The van der Waals surface area contributed by atoms with Crippen molar-refractivity contribution in [3.63, 3.8) is 0 Å². The molecule has 102 valence electrons. The standard InChI is InChI=1S/C15H13ClN2OS/c16-14(11-5-2-1-3-6-11)15-18-17-13(20-15)9-8-12-7-4-10-19-12/h1-7,10,14H,8-9H2. The van der Waals surface area contributed by atoms with Gasteiger partial charge < -0.3 is 4.42 Å². The van der Waals surface area contributed by atoms with Crippen molar-refractivity contribution < 1.29 is 4.42 Å². The molecule has 3 rings (SSSR count). The van der Waals surface area contributed by atoms with Crippen molar-refractivity contribution in [2.75, 3.05) is 0 Å². The fourth-order valence-electron chi connectivity index (χ4n) is 1.92. The summed E-state index contributed by atoms with van der Waals surface area (Å²) < 4.78 is 5.31. The van der Waals surface area contributed by atoms with Gasteiger partial charge in [0, 0.05) is 12.8 Å². The number of benzene rings is 1. The molecule has 0 radical (unpaired) electrons. The molecule has 2 aromatic heterocycles. The van der Waals surface area contributed by atoms with Crippen molar-refractivity contribution in [1.82, 2.24) is 10.2 Å². The number of hydrogen-bond donors (Lipinski definition) is 0. The quantitative estimate of drug-likeness (QED) is 0.662. The van der Waals surface area contributed by atoms with Gasteiger partial charge in [-0.05, 0) is 17.7 Å². The van der Waals surface area contributed by atoms with Gasteiger partial charge >= 0.3 is 0 Å². The number of furan rings is 1. The molecule has 3 aromatic rings. The van der Waals surface area contributed by atoms with E-state index in [0.717, 1.165) is 34.2 Å². The Morgan fingerprint density at radius 3 is 2.65 bits per heavy atom. The maximum absolute atomic E-state index is 6.43. The highest BCUT2D eigenvalue weighted by atomic mass is 35.5. The first-order valence-corrected chi connectivity index (χ1v) is 7.62. The lowest BCUT2D eigenvalue weighted by molar-refractivity contribution is 0.508. The Hall–Kier alpha value is -1.65. The van der Waals surface area contributed by atoms with Gasteiger partial charge in [0.2, 0.25) is 0 Å². The van der Waals surface area contributed by atoms with Gasteiger partial charge in [-0.3, -0.25) is 0 Å². The Morgan fingerprint density at radius 1 is 1.05 bits per heavy atom. The number of aromatic nitrogens is 2. The molecule has 20 heavy (non-hydrogen) atoms. The summed E-state index contributed by atoms with van der Waals surface area (Å²) in [5, 5.41) is 10.00. The van der Waals surface area contributed by atoms with Crippen LogP contribution in [-0.4, -0.2) is 10.2 Å². The van der Waals surface area contributed by atoms with Crippen LogP contribution in [0.5, 0.6) is 0 Å². The Bertz CT molecular complexity index is 652. The van der Waals surface area contributed by atoms with Crippen LogP contribution in [0.1, 0.15) is 26.7 Å². The normalized spacial score (nSPS) is 12.4. The van der Waals surface area contributed by atoms with Crippen LogP contribution in [0.15, 0.2) is 53.1 Å². The first-order valence-electron chi connectivity index (χ1n) is 6.36. The van der Waals surface area contributed by atoms with Gasteiger partial charge in [-0.1, -0.05) is 41.7 Å². The highest BCUT2D eigenvalue weighted by Crippen LogP contribution is 2.30. The minimum absolute atomic E-state index is 0.230. The molecule has 0 aliphatic rings. The lowest BCUT2D eigenvalue weighted by Crippen LogP contribution is -1.91. The topological polar surface area (TPSA) is 38.9 Å². The summed E-state index contributed by atoms with van der Waals surface area (Å²) in [5.41, 5.74) is 1.04. The van der Waals surface area contributed by atoms with Gasteiger partial charge in [0.05, 0.1) is 6.26 Å². The number of hydrogen-bond acceptors (Lipinski definition) is 4. The Labute approximate surface area is 126 Å². The van der Waals surface area contributed by atoms with Gasteiger partial charge in [-0.25, -0.2) is 0 Å². The third-order valence-electron chi connectivity index (χ3n) is 2.96. The van der Waals surface area contributed by atoms with Crippen LogP contribution in [0, 0.1) is 0 Å². The molecule has 1 unspecified atom stereocenters. The van der Waals surface area contributed by atoms with Crippen molar-refractivity contribution in [3.8, 4) is 0 Å². The summed E-state index contributed by atoms with van der Waals surface area (Å²) in [4.78, 5) is 0. The SMILES string of the molecule is ClC(c1ccccc1)c1nnc(CCc2ccco2)s1. The predicted molar refractivity (Wildman–Crippen MR) is 80.2 cm³/mol. The Kier molecular flexibility index (Phi) is 4.14. The molecule has 1 aromatic carbocycles. The first kappa shape index (κ1) is 13.3. The smallest absolute Gasteiger partial charge is 0.139 e. The van der Waals surface area contributed by atoms with Gasteiger partial charge in [0.15, 0.2) is 0 Å². The summed E-state index contributed by atoms with van der Waals surface area (Å²) in [5.74, 6) is 0.965. The van der Waals surface area contributed by atoms with E-state index in [-0.39, 0.29) is 5.38 Å². The summed E-state index contributed by atoms with van der Waals surface area (Å²) in [6, 6.07) is 13.8. The van der Waals surface area contributed by atoms with E-state index >= 15 is 0 Å². The molecule has 0 saturated carbocycles. The number of rotatable bonds is 5. The van der Waals surface area contributed by atoms with Crippen LogP contribution < -0.4 is 0 Å². The van der Waals surface area contributed by atoms with Crippen LogP contribution in [0.25, 0.3) is 0 Å². The van der Waals surface area contributed by atoms with Gasteiger partial charge in [0.1, 0.15) is 21.2 Å². The zero-order valence-electron chi connectivity index (χ0n) is 10.7. The van der Waals surface area contributed by atoms with E-state index in [1.165, 1.54) is 0 Å². The second-order valence-corrected chi connectivity index (χ2v) is 5.92. The van der Waals surface area contributed by atoms with E-state index < -0.39 is 0 Å². The number of halogens is 1. The van der Waals surface area contributed by atoms with Crippen molar-refractivity contribution in [2.45, 2.75) is 18.2 Å². The van der Waals surface area contributed by atoms with E-state index in [0.29, 0.717) is 0 Å². The zero-order chi connectivity index (χ0) is 13.8. The molecule has 2 heterocycles. The number of alkyl halides is 1. The average Bonchev–Trinajstić information content (AvgIpc) is 3.17. The molecular formula is C15H13ClN2OS. The van der Waals surface area contributed by atoms with Crippen LogP contribution in [0.2, 0.25) is 0 Å². The average molecular weight is 305 g/mol. The molecule has 5 heteroatoms. The van der Waals surface area contributed by atoms with Crippen LogP contribution >= 0.6 is 22.9 Å². The molecule has 0 fully saturated rings. The Morgan fingerprint density at radius 2 is 1.90 bits per heavy atom. The van der Waals surface area contributed by atoms with Crippen LogP contribution in [0.4, 0.5) is 0 Å². The van der Waals surface area contributed by atoms with Crippen molar-refractivity contribution in [2.24, 2.45) is 0 Å². The Balaban J connectivity index is 1.67. The second kappa shape index (κ2) is 6.20. The molecule has 3 nitrogen and oxygen atoms in total. The van der Waals surface area contributed by atoms with Gasteiger partial charge in [-0.2, -0.15) is 0 Å². The number of aryl methyl sites for hydroxylation is 2. The molecule has 0 spiro atoms. The van der Waals surface area contributed by atoms with Crippen molar-refractivity contribution in [1.29, 1.82) is 0 Å². The summed E-state index contributed by atoms with van der Waals surface area (Å²) >= 11 is 8.00. The second-order valence-electron chi connectivity index (χ2n) is 4.39. The van der Waals surface area contributed by atoms with Gasteiger partial charge in [0.25, 0.3) is 0 Å². The fourth-order valence-corrected chi connectivity index (χ4v) is 3.09. The van der Waals surface area contributed by atoms with Gasteiger partial charge in [-0.15, -0.1) is 21.8 Å². The maximum Gasteiger partial charge on any atom is 0.139 e. The van der Waals surface area contributed by atoms with E-state index in [4.69, 9.17) is 16.0 Å². The molecule has 0 saturated heterocycles. The zero-order valence-corrected chi connectivity index (χ0v) is 12.3. The summed E-state index contributed by atoms with van der Waals surface area (Å²) in [7, 11) is 0. The third kappa shape index (κ3) is 3.08. The minimum atomic E-state index is -0.230. The third-order valence-corrected chi connectivity index (χ3v) is 4.59. The minimum Gasteiger partial charge on any atom is -0.469 e. The van der Waals surface area contributed by atoms with Crippen LogP contribution in [-0.2, 0) is 12.8 Å². The summed E-state index contributed by atoms with van der Waals surface area (Å²) in [6.07, 6.45) is 3.34. The van der Waals surface area contributed by atoms with E-state index in [1.54, 1.807) is 17.6 Å². The fraction of sp³-hybridized carbons (Fsp3) is 0.200. The monoisotopic (exact) mass is 304 g/mol. The first-order chi connectivity index (χ1) is 9.83. The maximum atomic E-state index is 6.43. The lowest BCUT2D eigenvalue weighted by atomic mass is 10.1. The predicted octanol–water partition coefficient (Wildman–Crippen LogP) is 4.24. The molecular weight excluding hydrogens is 292 g/mol. The molecule has 1 atom stereocenters. The largest absolute Gasteiger partial charge is 0.469 e. The van der Waals surface area contributed by atoms with E-state index in [1.807, 2.05) is 42.5 Å². The van der Waals surface area contributed by atoms with Crippen molar-refractivity contribution in [3.05, 3.63) is 70.1 Å². The van der Waals surface area contributed by atoms with E-state index in [2.05, 4.69) is 10.2 Å². The van der Waals surface area contributed by atoms with Crippen LogP contribution in [0.3, 0.4) is 0 Å². The van der Waals surface area contributed by atoms with Crippen molar-refractivity contribution >= 4 is 22.9 Å². The number of nitrogens with zero attached hydrogens (tertiary/aromatic N) is 2. The highest BCUT2D eigenvalue weighted by Gasteiger charge is 2.16. The molecule has 0 bridgehead atoms. The molecule has 0 N–H and O–H groups in total. The van der Waals surface area contributed by atoms with E-state index in [9.17, 15) is 0 Å². The molecule has 0 amide bonds. The highest BCUT2D eigenvalue weighted by molar-refractivity contribution is 7.11. The lowest BCUT2D eigenvalue weighted by Gasteiger charge is -2.04. The molecule has 0 aliphatic carbocycles. The summed E-state index contributed by atoms with van der Waals surface area (Å²) in [6.45, 7) is 0. The molecule has 0 aliphatic heterocycles.